The lowest BCUT2D eigenvalue weighted by molar-refractivity contribution is -0.125. The maximum Gasteiger partial charge on any atom is 0.234 e. The normalized spacial score (nSPS) is 19.3. The quantitative estimate of drug-likeness (QED) is 0.783. The monoisotopic (exact) mass is 265 g/mol. The summed E-state index contributed by atoms with van der Waals surface area (Å²) in [5.74, 6) is 0.744. The molecule has 6 heteroatoms. The number of carbonyl (C=O) groups excluding carboxylic acids is 2. The van der Waals surface area contributed by atoms with E-state index in [9.17, 15) is 9.59 Å². The molecule has 0 saturated carbocycles. The van der Waals surface area contributed by atoms with Gasteiger partial charge in [0.05, 0.1) is 25.3 Å². The zero-order valence-corrected chi connectivity index (χ0v) is 11.0. The molecular weight excluding hydrogens is 246 g/mol. The minimum atomic E-state index is -0.0473. The number of amides is 2. The molecule has 2 N–H and O–H groups in total. The number of rotatable bonds is 5. The highest BCUT2D eigenvalue weighted by atomic mass is 16.3. The van der Waals surface area contributed by atoms with Crippen molar-refractivity contribution in [2.45, 2.75) is 13.0 Å². The van der Waals surface area contributed by atoms with Gasteiger partial charge in [-0.3, -0.25) is 14.5 Å². The molecule has 0 aliphatic carbocycles. The van der Waals surface area contributed by atoms with Crippen LogP contribution in [-0.2, 0) is 16.1 Å². The van der Waals surface area contributed by atoms with E-state index < -0.39 is 0 Å². The van der Waals surface area contributed by atoms with Gasteiger partial charge in [-0.2, -0.15) is 0 Å². The van der Waals surface area contributed by atoms with Crippen LogP contribution < -0.4 is 10.6 Å². The van der Waals surface area contributed by atoms with Crippen molar-refractivity contribution in [3.05, 3.63) is 24.2 Å². The number of likely N-dealkylation sites (tertiary alicyclic amines) is 1. The van der Waals surface area contributed by atoms with E-state index in [1.54, 1.807) is 19.4 Å². The van der Waals surface area contributed by atoms with Crippen LogP contribution in [0.2, 0.25) is 0 Å². The van der Waals surface area contributed by atoms with Crippen LogP contribution >= 0.6 is 0 Å². The van der Waals surface area contributed by atoms with Gasteiger partial charge in [0.1, 0.15) is 5.76 Å². The second-order valence-corrected chi connectivity index (χ2v) is 4.69. The van der Waals surface area contributed by atoms with Crippen molar-refractivity contribution in [3.8, 4) is 0 Å². The molecule has 0 spiro atoms. The molecule has 1 atom stereocenters. The molecule has 1 aromatic rings. The third-order valence-corrected chi connectivity index (χ3v) is 3.30. The van der Waals surface area contributed by atoms with E-state index in [2.05, 4.69) is 10.6 Å². The summed E-state index contributed by atoms with van der Waals surface area (Å²) >= 11 is 0. The van der Waals surface area contributed by atoms with Crippen LogP contribution in [0.25, 0.3) is 0 Å². The van der Waals surface area contributed by atoms with Gasteiger partial charge in [-0.25, -0.2) is 0 Å². The molecule has 19 heavy (non-hydrogen) atoms. The third-order valence-electron chi connectivity index (χ3n) is 3.30. The van der Waals surface area contributed by atoms with Crippen LogP contribution in [0.4, 0.5) is 0 Å². The molecule has 6 nitrogen and oxygen atoms in total. The Labute approximate surface area is 112 Å². The summed E-state index contributed by atoms with van der Waals surface area (Å²) in [6.07, 6.45) is 2.39. The topological polar surface area (TPSA) is 74.6 Å². The van der Waals surface area contributed by atoms with Crippen LogP contribution in [0.3, 0.4) is 0 Å². The number of nitrogens with one attached hydrogen (secondary N) is 2. The van der Waals surface area contributed by atoms with Crippen molar-refractivity contribution in [2.75, 3.05) is 26.7 Å². The Hall–Kier alpha value is -1.82. The number of carbonyl (C=O) groups is 2. The van der Waals surface area contributed by atoms with Crippen LogP contribution in [0.1, 0.15) is 12.2 Å². The molecule has 1 fully saturated rings. The van der Waals surface area contributed by atoms with Crippen LogP contribution in [0.5, 0.6) is 0 Å². The van der Waals surface area contributed by atoms with Gasteiger partial charge in [0, 0.05) is 13.6 Å². The molecule has 0 bridgehead atoms. The minimum absolute atomic E-state index is 0.00266. The third kappa shape index (κ3) is 3.82. The van der Waals surface area contributed by atoms with Crippen molar-refractivity contribution < 1.29 is 14.0 Å². The smallest absolute Gasteiger partial charge is 0.234 e. The van der Waals surface area contributed by atoms with E-state index in [-0.39, 0.29) is 17.7 Å². The number of hydrogen-bond donors (Lipinski definition) is 2. The Morgan fingerprint density at radius 2 is 2.37 bits per heavy atom. The van der Waals surface area contributed by atoms with E-state index in [0.29, 0.717) is 19.6 Å². The maximum atomic E-state index is 11.7. The first-order chi connectivity index (χ1) is 9.19. The summed E-state index contributed by atoms with van der Waals surface area (Å²) in [7, 11) is 1.64. The van der Waals surface area contributed by atoms with E-state index >= 15 is 0 Å². The van der Waals surface area contributed by atoms with Crippen LogP contribution in [-0.4, -0.2) is 43.4 Å². The second-order valence-electron chi connectivity index (χ2n) is 4.69. The molecule has 1 aliphatic rings. The summed E-state index contributed by atoms with van der Waals surface area (Å²) in [6.45, 7) is 2.16. The Kier molecular flexibility index (Phi) is 4.57. The van der Waals surface area contributed by atoms with E-state index in [1.165, 1.54) is 0 Å². The number of furan rings is 1. The Morgan fingerprint density at radius 3 is 3.05 bits per heavy atom. The van der Waals surface area contributed by atoms with Gasteiger partial charge in [-0.15, -0.1) is 0 Å². The number of nitrogens with zero attached hydrogens (tertiary/aromatic N) is 1. The summed E-state index contributed by atoms with van der Waals surface area (Å²) in [5.41, 5.74) is 0. The number of hydrogen-bond acceptors (Lipinski definition) is 4. The zero-order chi connectivity index (χ0) is 13.7. The molecule has 0 aromatic carbocycles. The summed E-state index contributed by atoms with van der Waals surface area (Å²) in [6, 6.07) is 3.60. The molecule has 104 valence electrons. The lowest BCUT2D eigenvalue weighted by Gasteiger charge is -2.14. The van der Waals surface area contributed by atoms with Crippen molar-refractivity contribution in [1.29, 1.82) is 0 Å². The fraction of sp³-hybridized carbons (Fsp3) is 0.538. The molecule has 1 unspecified atom stereocenters. The average Bonchev–Trinajstić information content (AvgIpc) is 3.06. The predicted octanol–water partition coefficient (Wildman–Crippen LogP) is -0.0363. The van der Waals surface area contributed by atoms with Gasteiger partial charge < -0.3 is 15.1 Å². The average molecular weight is 265 g/mol. The molecule has 2 heterocycles. The Morgan fingerprint density at radius 1 is 1.53 bits per heavy atom. The first-order valence-electron chi connectivity index (χ1n) is 6.42. The molecular formula is C13H19N3O3. The van der Waals surface area contributed by atoms with E-state index in [1.807, 2.05) is 11.0 Å². The first kappa shape index (κ1) is 13.6. The minimum Gasteiger partial charge on any atom is -0.467 e. The Balaban J connectivity index is 1.70. The standard InChI is InChI=1S/C13H19N3O3/c1-14-13(18)10-4-5-16(8-10)9-12(17)15-7-11-3-2-6-19-11/h2-3,6,10H,4-5,7-9H2,1H3,(H,14,18)(H,15,17). The summed E-state index contributed by atoms with van der Waals surface area (Å²) < 4.78 is 5.14. The first-order valence-corrected chi connectivity index (χ1v) is 6.42. The molecule has 1 aliphatic heterocycles. The molecule has 1 saturated heterocycles. The predicted molar refractivity (Wildman–Crippen MR) is 69.2 cm³/mol. The zero-order valence-electron chi connectivity index (χ0n) is 11.0. The largest absolute Gasteiger partial charge is 0.467 e. The maximum absolute atomic E-state index is 11.7. The summed E-state index contributed by atoms with van der Waals surface area (Å²) in [4.78, 5) is 25.2. The second kappa shape index (κ2) is 6.38. The molecule has 1 aromatic heterocycles. The lowest BCUT2D eigenvalue weighted by atomic mass is 10.1. The van der Waals surface area contributed by atoms with Gasteiger partial charge in [-0.1, -0.05) is 0 Å². The fourth-order valence-corrected chi connectivity index (χ4v) is 2.25. The highest BCUT2D eigenvalue weighted by Crippen LogP contribution is 2.15. The molecule has 0 radical (unpaired) electrons. The Bertz CT molecular complexity index is 430. The molecule has 2 amide bonds. The fourth-order valence-electron chi connectivity index (χ4n) is 2.25. The SMILES string of the molecule is CNC(=O)C1CCN(CC(=O)NCc2ccco2)C1. The van der Waals surface area contributed by atoms with Crippen LogP contribution in [0.15, 0.2) is 22.8 Å². The van der Waals surface area contributed by atoms with E-state index in [4.69, 9.17) is 4.42 Å². The van der Waals surface area contributed by atoms with Gasteiger partial charge in [0.2, 0.25) is 11.8 Å². The van der Waals surface area contributed by atoms with Crippen molar-refractivity contribution >= 4 is 11.8 Å². The van der Waals surface area contributed by atoms with Gasteiger partial charge >= 0.3 is 0 Å². The van der Waals surface area contributed by atoms with Crippen LogP contribution in [0, 0.1) is 5.92 Å². The van der Waals surface area contributed by atoms with Crippen molar-refractivity contribution in [3.63, 3.8) is 0 Å². The highest BCUT2D eigenvalue weighted by molar-refractivity contribution is 5.80. The van der Waals surface area contributed by atoms with E-state index in [0.717, 1.165) is 18.7 Å². The summed E-state index contributed by atoms with van der Waals surface area (Å²) in [5, 5.41) is 5.44. The molecule has 2 rings (SSSR count). The van der Waals surface area contributed by atoms with Gasteiger partial charge in [-0.05, 0) is 25.1 Å². The van der Waals surface area contributed by atoms with Gasteiger partial charge in [0.15, 0.2) is 0 Å². The van der Waals surface area contributed by atoms with Crippen molar-refractivity contribution in [1.82, 2.24) is 15.5 Å². The van der Waals surface area contributed by atoms with Crippen molar-refractivity contribution in [2.24, 2.45) is 5.92 Å². The van der Waals surface area contributed by atoms with Gasteiger partial charge in [0.25, 0.3) is 0 Å². The highest BCUT2D eigenvalue weighted by Gasteiger charge is 2.28. The lowest BCUT2D eigenvalue weighted by Crippen LogP contribution is -2.37.